The fourth-order valence-electron chi connectivity index (χ4n) is 8.03. The first-order chi connectivity index (χ1) is 35.2. The van der Waals surface area contributed by atoms with Crippen molar-refractivity contribution >= 4 is 57.7 Å². The lowest BCUT2D eigenvalue weighted by molar-refractivity contribution is 0.0126. The average Bonchev–Trinajstić information content (AvgIpc) is 3.41. The monoisotopic (exact) mass is 990 g/mol. The molecule has 0 amide bonds. The van der Waals surface area contributed by atoms with Crippen molar-refractivity contribution in [1.29, 1.82) is 0 Å². The molecule has 0 spiro atoms. The van der Waals surface area contributed by atoms with Gasteiger partial charge in [-0.1, -0.05) is 36.4 Å². The highest BCUT2D eigenvalue weighted by atomic mass is 16.6. The molecule has 1 aliphatic rings. The summed E-state index contributed by atoms with van der Waals surface area (Å²) in [6, 6.07) is 23.3. The predicted molar refractivity (Wildman–Crippen MR) is 280 cm³/mol. The van der Waals surface area contributed by atoms with E-state index in [9.17, 15) is 9.59 Å². The molecule has 0 aliphatic carbocycles. The van der Waals surface area contributed by atoms with Crippen molar-refractivity contribution < 1.29 is 47.4 Å². The highest BCUT2D eigenvalue weighted by molar-refractivity contribution is 5.82. The van der Waals surface area contributed by atoms with Crippen LogP contribution in [0.4, 0.5) is 11.4 Å². The summed E-state index contributed by atoms with van der Waals surface area (Å²) in [5.74, 6) is 2.13. The van der Waals surface area contributed by atoms with Gasteiger partial charge in [0.05, 0.1) is 130 Å². The normalized spacial score (nSPS) is 16.0. The third-order valence-electron chi connectivity index (χ3n) is 12.1. The lowest BCUT2D eigenvalue weighted by atomic mass is 10.1. The van der Waals surface area contributed by atoms with E-state index in [1.807, 2.05) is 60.7 Å². The van der Waals surface area contributed by atoms with E-state index in [0.29, 0.717) is 162 Å². The number of anilines is 2. The van der Waals surface area contributed by atoms with Gasteiger partial charge in [0.1, 0.15) is 11.4 Å². The molecular weight excluding hydrogens is 925 g/mol. The molecule has 6 aromatic rings. The van der Waals surface area contributed by atoms with Gasteiger partial charge in [0.15, 0.2) is 23.0 Å². The van der Waals surface area contributed by atoms with E-state index in [1.54, 1.807) is 88.1 Å². The SMILES string of the molecule is COc1cc2nc(/C=C/c3ccc(N4CCOCCOCCOCCN(c5ccc(/C=C/c6nc7cc(OC)c(OC)cc7n(C)c6=O)cc5)CCOCCOCCOCC4)cc3)c(=O)n(C)c2cc1OC. The summed E-state index contributed by atoms with van der Waals surface area (Å²) >= 11 is 0. The van der Waals surface area contributed by atoms with Gasteiger partial charge in [-0.3, -0.25) is 9.59 Å². The van der Waals surface area contributed by atoms with Crippen LogP contribution in [0.15, 0.2) is 82.4 Å². The Balaban J connectivity index is 0.893. The second-order valence-electron chi connectivity index (χ2n) is 16.6. The molecule has 0 N–H and O–H groups in total. The van der Waals surface area contributed by atoms with Crippen LogP contribution in [0.2, 0.25) is 0 Å². The molecular formula is C54H66N6O12. The summed E-state index contributed by atoms with van der Waals surface area (Å²) in [7, 11) is 9.68. The lowest BCUT2D eigenvalue weighted by Crippen LogP contribution is -2.32. The molecule has 3 heterocycles. The van der Waals surface area contributed by atoms with Gasteiger partial charge < -0.3 is 66.3 Å². The van der Waals surface area contributed by atoms with Crippen LogP contribution >= 0.6 is 0 Å². The number of benzene rings is 4. The van der Waals surface area contributed by atoms with Crippen LogP contribution in [0.3, 0.4) is 0 Å². The van der Waals surface area contributed by atoms with Crippen LogP contribution in [0.25, 0.3) is 46.4 Å². The predicted octanol–water partition coefficient (Wildman–Crippen LogP) is 5.98. The van der Waals surface area contributed by atoms with Crippen LogP contribution < -0.4 is 39.9 Å². The van der Waals surface area contributed by atoms with Gasteiger partial charge >= 0.3 is 0 Å². The number of nitrogens with zero attached hydrogens (tertiary/aromatic N) is 6. The Kier molecular flexibility index (Phi) is 20.0. The molecule has 1 aliphatic heterocycles. The van der Waals surface area contributed by atoms with Crippen molar-refractivity contribution in [3.63, 3.8) is 0 Å². The summed E-state index contributed by atoms with van der Waals surface area (Å²) in [6.45, 7) is 8.18. The van der Waals surface area contributed by atoms with Gasteiger partial charge in [-0.25, -0.2) is 9.97 Å². The molecule has 7 rings (SSSR count). The van der Waals surface area contributed by atoms with E-state index >= 15 is 0 Å². The van der Waals surface area contributed by atoms with Crippen molar-refractivity contribution in [3.05, 3.63) is 116 Å². The Morgan fingerprint density at radius 3 is 1.01 bits per heavy atom. The minimum absolute atomic E-state index is 0.220. The van der Waals surface area contributed by atoms with Gasteiger partial charge in [0, 0.05) is 75.9 Å². The second-order valence-corrected chi connectivity index (χ2v) is 16.6. The van der Waals surface area contributed by atoms with E-state index in [2.05, 4.69) is 19.8 Å². The fourth-order valence-corrected chi connectivity index (χ4v) is 8.03. The van der Waals surface area contributed by atoms with E-state index in [-0.39, 0.29) is 11.1 Å². The minimum Gasteiger partial charge on any atom is -0.493 e. The largest absolute Gasteiger partial charge is 0.493 e. The summed E-state index contributed by atoms with van der Waals surface area (Å²) in [4.78, 5) is 40.1. The average molecular weight is 991 g/mol. The van der Waals surface area contributed by atoms with Gasteiger partial charge in [0.25, 0.3) is 11.1 Å². The maximum Gasteiger partial charge on any atom is 0.276 e. The van der Waals surface area contributed by atoms with Crippen LogP contribution in [-0.4, -0.2) is 153 Å². The van der Waals surface area contributed by atoms with Gasteiger partial charge in [-0.15, -0.1) is 0 Å². The first-order valence-electron chi connectivity index (χ1n) is 24.0. The Bertz CT molecular complexity index is 2650. The van der Waals surface area contributed by atoms with Crippen LogP contribution in [0, 0.1) is 0 Å². The maximum atomic E-state index is 13.2. The zero-order valence-corrected chi connectivity index (χ0v) is 42.1. The highest BCUT2D eigenvalue weighted by Crippen LogP contribution is 2.32. The summed E-state index contributed by atoms with van der Waals surface area (Å²) in [5.41, 5.74) is 6.58. The third kappa shape index (κ3) is 14.2. The summed E-state index contributed by atoms with van der Waals surface area (Å²) < 4.78 is 60.4. The summed E-state index contributed by atoms with van der Waals surface area (Å²) in [5, 5.41) is 0. The highest BCUT2D eigenvalue weighted by Gasteiger charge is 2.15. The molecule has 1 saturated heterocycles. The lowest BCUT2D eigenvalue weighted by Gasteiger charge is -2.25. The smallest absolute Gasteiger partial charge is 0.276 e. The molecule has 384 valence electrons. The Morgan fingerprint density at radius 2 is 0.708 bits per heavy atom. The number of ether oxygens (including phenoxy) is 10. The number of hydrogen-bond donors (Lipinski definition) is 0. The Hall–Kier alpha value is -6.80. The molecule has 18 nitrogen and oxygen atoms in total. The molecule has 72 heavy (non-hydrogen) atoms. The van der Waals surface area contributed by atoms with Gasteiger partial charge in [0.2, 0.25) is 0 Å². The first-order valence-corrected chi connectivity index (χ1v) is 24.0. The standard InChI is InChI=1S/C54H66N6O12/c1-57-47-37-51(65-5)49(63-3)35-45(47)55-43(53(57)61)17-11-39-7-13-41(14-8-39)59-19-23-67-27-31-71-33-29-69-25-21-60(22-26-70-30-34-72-32-28-68-24-20-59)42-15-9-40(10-16-42)12-18-44-54(62)58(2)48-38-52(66-6)50(64-4)36-46(48)56-44/h7-18,35-38H,19-34H2,1-6H3/b17-11+,18-12+. The van der Waals surface area contributed by atoms with Crippen LogP contribution in [-0.2, 0) is 42.5 Å². The third-order valence-corrected chi connectivity index (χ3v) is 12.1. The molecule has 4 aromatic carbocycles. The molecule has 0 unspecified atom stereocenters. The molecule has 0 atom stereocenters. The number of fused-ring (bicyclic) bond motifs is 2. The Morgan fingerprint density at radius 1 is 0.417 bits per heavy atom. The molecule has 2 aromatic heterocycles. The van der Waals surface area contributed by atoms with E-state index in [0.717, 1.165) is 22.5 Å². The van der Waals surface area contributed by atoms with E-state index in [1.165, 1.54) is 0 Å². The minimum atomic E-state index is -0.220. The van der Waals surface area contributed by atoms with Gasteiger partial charge in [-0.05, 0) is 47.5 Å². The van der Waals surface area contributed by atoms with E-state index < -0.39 is 0 Å². The van der Waals surface area contributed by atoms with Crippen molar-refractivity contribution in [3.8, 4) is 23.0 Å². The van der Waals surface area contributed by atoms with E-state index in [4.69, 9.17) is 47.4 Å². The molecule has 18 heteroatoms. The molecule has 1 fully saturated rings. The first kappa shape index (κ1) is 53.0. The topological polar surface area (TPSA) is 169 Å². The zero-order valence-electron chi connectivity index (χ0n) is 42.1. The molecule has 0 radical (unpaired) electrons. The van der Waals surface area contributed by atoms with Crippen LogP contribution in [0.1, 0.15) is 22.5 Å². The quantitative estimate of drug-likeness (QED) is 0.157. The van der Waals surface area contributed by atoms with Gasteiger partial charge in [-0.2, -0.15) is 0 Å². The number of aryl methyl sites for hydroxylation is 2. The maximum absolute atomic E-state index is 13.2. The number of methoxy groups -OCH3 is 4. The number of hydrogen-bond acceptors (Lipinski definition) is 16. The van der Waals surface area contributed by atoms with Crippen molar-refractivity contribution in [1.82, 2.24) is 19.1 Å². The second kappa shape index (κ2) is 27.1. The van der Waals surface area contributed by atoms with Crippen molar-refractivity contribution in [2.75, 3.05) is 144 Å². The summed E-state index contributed by atoms with van der Waals surface area (Å²) in [6.07, 6.45) is 7.22. The number of aromatic nitrogens is 4. The molecule has 0 saturated carbocycles. The Labute approximate surface area is 419 Å². The van der Waals surface area contributed by atoms with Crippen LogP contribution in [0.5, 0.6) is 23.0 Å². The fraction of sp³-hybridized carbons (Fsp3) is 0.407. The van der Waals surface area contributed by atoms with Crippen molar-refractivity contribution in [2.45, 2.75) is 0 Å². The number of rotatable bonds is 10. The van der Waals surface area contributed by atoms with Crippen molar-refractivity contribution in [2.24, 2.45) is 14.1 Å². The zero-order chi connectivity index (χ0) is 50.7. The molecule has 0 bridgehead atoms.